The number of nitrogens with two attached hydrogens (primary N) is 1. The lowest BCUT2D eigenvalue weighted by Gasteiger charge is -2.17. The van der Waals surface area contributed by atoms with Crippen LogP contribution in [0.15, 0.2) is 4.42 Å². The lowest BCUT2D eigenvalue weighted by molar-refractivity contribution is 0.183. The molecule has 0 spiro atoms. The van der Waals surface area contributed by atoms with Crippen LogP contribution in [-0.2, 0) is 4.74 Å². The molecular formula is C10H18N4O2. The zero-order chi connectivity index (χ0) is 11.5. The minimum absolute atomic E-state index is 0.229. The molecule has 3 N–H and O–H groups in total. The first-order chi connectivity index (χ1) is 7.66. The van der Waals surface area contributed by atoms with Gasteiger partial charge in [-0.05, 0) is 20.3 Å². The maximum atomic E-state index is 5.64. The molecule has 2 heterocycles. The lowest BCUT2D eigenvalue weighted by atomic mass is 10.0. The molecule has 0 saturated carbocycles. The highest BCUT2D eigenvalue weighted by atomic mass is 16.5. The largest absolute Gasteiger partial charge is 0.406 e. The molecule has 0 radical (unpaired) electrons. The summed E-state index contributed by atoms with van der Waals surface area (Å²) in [7, 11) is 0. The SMILES string of the molecule is CC(N)c1nnc(NC(C)C2CCOC2)o1. The normalized spacial score (nSPS) is 24.3. The standard InChI is InChI=1S/C10H18N4O2/c1-6(11)9-13-14-10(16-9)12-7(2)8-3-4-15-5-8/h6-8H,3-5,11H2,1-2H3,(H,12,14). The number of hydrogen-bond donors (Lipinski definition) is 2. The summed E-state index contributed by atoms with van der Waals surface area (Å²) in [6.45, 7) is 5.54. The van der Waals surface area contributed by atoms with Gasteiger partial charge in [0.1, 0.15) is 0 Å². The van der Waals surface area contributed by atoms with Gasteiger partial charge in [0.2, 0.25) is 5.89 Å². The summed E-state index contributed by atoms with van der Waals surface area (Å²) in [4.78, 5) is 0. The summed E-state index contributed by atoms with van der Waals surface area (Å²) in [5.74, 6) is 0.961. The van der Waals surface area contributed by atoms with Crippen molar-refractivity contribution in [3.8, 4) is 0 Å². The Hall–Kier alpha value is -1.14. The number of aromatic nitrogens is 2. The van der Waals surface area contributed by atoms with E-state index in [-0.39, 0.29) is 12.1 Å². The molecule has 3 unspecified atom stereocenters. The number of nitrogens with one attached hydrogen (secondary N) is 1. The number of anilines is 1. The van der Waals surface area contributed by atoms with E-state index >= 15 is 0 Å². The zero-order valence-corrected chi connectivity index (χ0v) is 9.64. The maximum Gasteiger partial charge on any atom is 0.315 e. The van der Waals surface area contributed by atoms with Crippen LogP contribution < -0.4 is 11.1 Å². The van der Waals surface area contributed by atoms with E-state index in [4.69, 9.17) is 14.9 Å². The van der Waals surface area contributed by atoms with Crippen LogP contribution in [0, 0.1) is 5.92 Å². The van der Waals surface area contributed by atoms with Gasteiger partial charge in [-0.2, -0.15) is 0 Å². The average molecular weight is 226 g/mol. The Morgan fingerprint density at radius 1 is 1.44 bits per heavy atom. The third kappa shape index (κ3) is 2.51. The smallest absolute Gasteiger partial charge is 0.315 e. The second kappa shape index (κ2) is 4.80. The van der Waals surface area contributed by atoms with Crippen LogP contribution in [0.3, 0.4) is 0 Å². The Morgan fingerprint density at radius 2 is 2.25 bits per heavy atom. The molecule has 0 amide bonds. The Kier molecular flexibility index (Phi) is 3.40. The van der Waals surface area contributed by atoms with E-state index in [1.54, 1.807) is 0 Å². The molecule has 16 heavy (non-hydrogen) atoms. The van der Waals surface area contributed by atoms with Crippen LogP contribution >= 0.6 is 0 Å². The van der Waals surface area contributed by atoms with E-state index in [9.17, 15) is 0 Å². The van der Waals surface area contributed by atoms with Crippen LogP contribution in [-0.4, -0.2) is 29.5 Å². The highest BCUT2D eigenvalue weighted by Gasteiger charge is 2.23. The minimum Gasteiger partial charge on any atom is -0.406 e. The molecular weight excluding hydrogens is 208 g/mol. The molecule has 3 atom stereocenters. The second-order valence-corrected chi connectivity index (χ2v) is 4.29. The van der Waals surface area contributed by atoms with Gasteiger partial charge in [0.15, 0.2) is 0 Å². The van der Waals surface area contributed by atoms with Crippen molar-refractivity contribution in [2.75, 3.05) is 18.5 Å². The lowest BCUT2D eigenvalue weighted by Crippen LogP contribution is -2.26. The van der Waals surface area contributed by atoms with E-state index in [2.05, 4.69) is 22.4 Å². The second-order valence-electron chi connectivity index (χ2n) is 4.29. The molecule has 90 valence electrons. The van der Waals surface area contributed by atoms with E-state index in [1.165, 1.54) is 0 Å². The van der Waals surface area contributed by atoms with Crippen LogP contribution in [0.2, 0.25) is 0 Å². The molecule has 1 saturated heterocycles. The van der Waals surface area contributed by atoms with Gasteiger partial charge in [0, 0.05) is 18.6 Å². The fourth-order valence-corrected chi connectivity index (χ4v) is 1.74. The summed E-state index contributed by atoms with van der Waals surface area (Å²) in [6, 6.07) is 0.476. The summed E-state index contributed by atoms with van der Waals surface area (Å²) < 4.78 is 10.7. The molecule has 1 aliphatic rings. The van der Waals surface area contributed by atoms with Crippen molar-refractivity contribution in [2.45, 2.75) is 32.4 Å². The number of rotatable bonds is 4. The predicted molar refractivity (Wildman–Crippen MR) is 58.9 cm³/mol. The molecule has 0 aromatic carbocycles. The number of hydrogen-bond acceptors (Lipinski definition) is 6. The summed E-state index contributed by atoms with van der Waals surface area (Å²) in [5.41, 5.74) is 5.64. The van der Waals surface area contributed by atoms with Crippen LogP contribution in [0.25, 0.3) is 0 Å². The van der Waals surface area contributed by atoms with Crippen LogP contribution in [0.5, 0.6) is 0 Å². The summed E-state index contributed by atoms with van der Waals surface area (Å²) in [6.07, 6.45) is 1.07. The van der Waals surface area contributed by atoms with Gasteiger partial charge in [-0.25, -0.2) is 0 Å². The van der Waals surface area contributed by atoms with Crippen LogP contribution in [0.4, 0.5) is 6.01 Å². The maximum absolute atomic E-state index is 5.64. The van der Waals surface area contributed by atoms with Crippen molar-refractivity contribution in [3.63, 3.8) is 0 Å². The number of ether oxygens (including phenoxy) is 1. The highest BCUT2D eigenvalue weighted by Crippen LogP contribution is 2.20. The monoisotopic (exact) mass is 226 g/mol. The van der Waals surface area contributed by atoms with Crippen molar-refractivity contribution in [1.82, 2.24) is 10.2 Å². The molecule has 0 aliphatic carbocycles. The fraction of sp³-hybridized carbons (Fsp3) is 0.800. The quantitative estimate of drug-likeness (QED) is 0.794. The first-order valence-corrected chi connectivity index (χ1v) is 5.60. The topological polar surface area (TPSA) is 86.2 Å². The van der Waals surface area contributed by atoms with Crippen molar-refractivity contribution < 1.29 is 9.15 Å². The highest BCUT2D eigenvalue weighted by molar-refractivity contribution is 5.20. The third-order valence-electron chi connectivity index (χ3n) is 2.85. The van der Waals surface area contributed by atoms with E-state index < -0.39 is 0 Å². The Bertz CT molecular complexity index is 333. The Labute approximate surface area is 94.6 Å². The van der Waals surface area contributed by atoms with Gasteiger partial charge in [-0.15, -0.1) is 5.10 Å². The first kappa shape index (κ1) is 11.3. The average Bonchev–Trinajstić information content (AvgIpc) is 2.87. The van der Waals surface area contributed by atoms with Crippen molar-refractivity contribution in [3.05, 3.63) is 5.89 Å². The summed E-state index contributed by atoms with van der Waals surface area (Å²) >= 11 is 0. The number of nitrogens with zero attached hydrogens (tertiary/aromatic N) is 2. The van der Waals surface area contributed by atoms with Crippen LogP contribution in [0.1, 0.15) is 32.2 Å². The fourth-order valence-electron chi connectivity index (χ4n) is 1.74. The molecule has 1 aromatic rings. The van der Waals surface area contributed by atoms with Gasteiger partial charge in [-0.3, -0.25) is 0 Å². The molecule has 1 aliphatic heterocycles. The zero-order valence-electron chi connectivity index (χ0n) is 9.64. The Balaban J connectivity index is 1.92. The van der Waals surface area contributed by atoms with Crippen molar-refractivity contribution in [1.29, 1.82) is 0 Å². The van der Waals surface area contributed by atoms with Gasteiger partial charge in [-0.1, -0.05) is 5.10 Å². The van der Waals surface area contributed by atoms with Gasteiger partial charge < -0.3 is 20.2 Å². The van der Waals surface area contributed by atoms with E-state index in [0.29, 0.717) is 17.8 Å². The molecule has 6 heteroatoms. The minimum atomic E-state index is -0.229. The molecule has 0 bridgehead atoms. The van der Waals surface area contributed by atoms with Crippen molar-refractivity contribution >= 4 is 6.01 Å². The van der Waals surface area contributed by atoms with Crippen molar-refractivity contribution in [2.24, 2.45) is 11.7 Å². The van der Waals surface area contributed by atoms with Gasteiger partial charge in [0.05, 0.1) is 12.6 Å². The third-order valence-corrected chi connectivity index (χ3v) is 2.85. The predicted octanol–water partition coefficient (Wildman–Crippen LogP) is 0.926. The Morgan fingerprint density at radius 3 is 2.81 bits per heavy atom. The molecule has 2 rings (SSSR count). The molecule has 6 nitrogen and oxygen atoms in total. The molecule has 1 aromatic heterocycles. The summed E-state index contributed by atoms with van der Waals surface area (Å²) in [5, 5.41) is 10.9. The van der Waals surface area contributed by atoms with E-state index in [1.807, 2.05) is 6.92 Å². The molecule has 1 fully saturated rings. The first-order valence-electron chi connectivity index (χ1n) is 5.60. The van der Waals surface area contributed by atoms with Gasteiger partial charge in [0.25, 0.3) is 0 Å². The van der Waals surface area contributed by atoms with Gasteiger partial charge >= 0.3 is 6.01 Å². The van der Waals surface area contributed by atoms with E-state index in [0.717, 1.165) is 19.6 Å².